The summed E-state index contributed by atoms with van der Waals surface area (Å²) in [5.74, 6) is 1.01. The number of carbonyl (C=O) groups excluding carboxylic acids is 1. The summed E-state index contributed by atoms with van der Waals surface area (Å²) in [7, 11) is -0.943. The van der Waals surface area contributed by atoms with E-state index in [1.54, 1.807) is 0 Å². The van der Waals surface area contributed by atoms with Crippen LogP contribution in [0.25, 0.3) is 0 Å². The van der Waals surface area contributed by atoms with Gasteiger partial charge in [-0.25, -0.2) is 4.79 Å². The molecule has 1 atom stereocenters. The van der Waals surface area contributed by atoms with Gasteiger partial charge < -0.3 is 10.6 Å². The first-order chi connectivity index (χ1) is 8.58. The maximum Gasteiger partial charge on any atom is 0.315 e. The zero-order chi connectivity index (χ0) is 13.4. The normalized spacial score (nSPS) is 12.2. The lowest BCUT2D eigenvalue weighted by atomic mass is 10.2. The summed E-state index contributed by atoms with van der Waals surface area (Å²) in [5, 5.41) is 5.40. The van der Waals surface area contributed by atoms with Crippen LogP contribution in [0.3, 0.4) is 0 Å². The zero-order valence-corrected chi connectivity index (χ0v) is 11.6. The molecule has 2 amide bonds. The van der Waals surface area contributed by atoms with E-state index in [1.165, 1.54) is 0 Å². The van der Waals surface area contributed by atoms with Crippen LogP contribution in [0.4, 0.5) is 4.79 Å². The average molecular weight is 268 g/mol. The minimum absolute atomic E-state index is 0.111. The molecule has 100 valence electrons. The molecule has 1 unspecified atom stereocenters. The molecule has 0 heterocycles. The minimum atomic E-state index is -0.943. The van der Waals surface area contributed by atoms with Gasteiger partial charge in [0.15, 0.2) is 0 Å². The van der Waals surface area contributed by atoms with Gasteiger partial charge in [-0.2, -0.15) is 0 Å². The van der Waals surface area contributed by atoms with Crippen LogP contribution in [0.5, 0.6) is 0 Å². The second-order valence-corrected chi connectivity index (χ2v) is 5.91. The van der Waals surface area contributed by atoms with E-state index in [4.69, 9.17) is 0 Å². The standard InChI is InChI=1S/C13H20N2O2S/c1-11(2)15-13(16)14-8-9-18(17)10-12-6-4-3-5-7-12/h3-7,11H,8-10H2,1-2H3,(H2,14,15,16). The fraction of sp³-hybridized carbons (Fsp3) is 0.462. The fourth-order valence-electron chi connectivity index (χ4n) is 1.42. The van der Waals surface area contributed by atoms with Crippen LogP contribution in [0.1, 0.15) is 19.4 Å². The van der Waals surface area contributed by atoms with Gasteiger partial charge in [0, 0.05) is 34.9 Å². The van der Waals surface area contributed by atoms with Crippen LogP contribution in [0.2, 0.25) is 0 Å². The summed E-state index contributed by atoms with van der Waals surface area (Å²) in [4.78, 5) is 11.3. The number of amides is 2. The molecule has 5 heteroatoms. The van der Waals surface area contributed by atoms with Crippen LogP contribution in [-0.4, -0.2) is 28.6 Å². The highest BCUT2D eigenvalue weighted by atomic mass is 32.2. The molecule has 0 radical (unpaired) electrons. The Bertz CT molecular complexity index is 393. The number of benzene rings is 1. The molecular weight excluding hydrogens is 248 g/mol. The molecule has 1 rings (SSSR count). The minimum Gasteiger partial charge on any atom is -0.337 e. The maximum absolute atomic E-state index is 11.8. The van der Waals surface area contributed by atoms with Crippen LogP contribution >= 0.6 is 0 Å². The van der Waals surface area contributed by atoms with Crippen LogP contribution in [0, 0.1) is 0 Å². The van der Waals surface area contributed by atoms with Gasteiger partial charge in [-0.15, -0.1) is 0 Å². The van der Waals surface area contributed by atoms with Crippen LogP contribution < -0.4 is 10.6 Å². The molecule has 0 aliphatic rings. The first-order valence-electron chi connectivity index (χ1n) is 6.01. The summed E-state index contributed by atoms with van der Waals surface area (Å²) >= 11 is 0. The van der Waals surface area contributed by atoms with E-state index in [0.29, 0.717) is 18.1 Å². The third-order valence-corrected chi connectivity index (χ3v) is 3.52. The second kappa shape index (κ2) is 7.87. The van der Waals surface area contributed by atoms with Crippen molar-refractivity contribution in [1.29, 1.82) is 0 Å². The first-order valence-corrected chi connectivity index (χ1v) is 7.50. The predicted octanol–water partition coefficient (Wildman–Crippen LogP) is 1.64. The van der Waals surface area contributed by atoms with Crippen molar-refractivity contribution in [2.45, 2.75) is 25.6 Å². The predicted molar refractivity (Wildman–Crippen MR) is 74.8 cm³/mol. The van der Waals surface area contributed by atoms with E-state index < -0.39 is 10.8 Å². The van der Waals surface area contributed by atoms with Crippen molar-refractivity contribution < 1.29 is 9.00 Å². The first kappa shape index (κ1) is 14.7. The van der Waals surface area contributed by atoms with Crippen LogP contribution in [0.15, 0.2) is 30.3 Å². The van der Waals surface area contributed by atoms with Gasteiger partial charge in [0.1, 0.15) is 0 Å². The number of hydrogen-bond donors (Lipinski definition) is 2. The molecule has 2 N–H and O–H groups in total. The monoisotopic (exact) mass is 268 g/mol. The summed E-state index contributed by atoms with van der Waals surface area (Å²) in [6, 6.07) is 9.61. The van der Waals surface area contributed by atoms with E-state index >= 15 is 0 Å². The van der Waals surface area contributed by atoms with E-state index in [-0.39, 0.29) is 12.1 Å². The van der Waals surface area contributed by atoms with E-state index in [0.717, 1.165) is 5.56 Å². The van der Waals surface area contributed by atoms with E-state index in [1.807, 2.05) is 44.2 Å². The molecule has 0 bridgehead atoms. The summed E-state index contributed by atoms with van der Waals surface area (Å²) < 4.78 is 11.8. The van der Waals surface area contributed by atoms with Crippen molar-refractivity contribution in [3.05, 3.63) is 35.9 Å². The molecule has 4 nitrogen and oxygen atoms in total. The highest BCUT2D eigenvalue weighted by Crippen LogP contribution is 2.02. The van der Waals surface area contributed by atoms with Gasteiger partial charge in [0.05, 0.1) is 0 Å². The van der Waals surface area contributed by atoms with Crippen molar-refractivity contribution in [2.24, 2.45) is 0 Å². The van der Waals surface area contributed by atoms with Crippen molar-refractivity contribution in [3.63, 3.8) is 0 Å². The molecular formula is C13H20N2O2S. The molecule has 0 saturated carbocycles. The zero-order valence-electron chi connectivity index (χ0n) is 10.8. The fourth-order valence-corrected chi connectivity index (χ4v) is 2.46. The Morgan fingerprint density at radius 1 is 1.28 bits per heavy atom. The van der Waals surface area contributed by atoms with E-state index in [9.17, 15) is 9.00 Å². The molecule has 1 aromatic rings. The number of hydrogen-bond acceptors (Lipinski definition) is 2. The number of urea groups is 1. The Morgan fingerprint density at radius 2 is 1.94 bits per heavy atom. The number of carbonyl (C=O) groups is 1. The van der Waals surface area contributed by atoms with Gasteiger partial charge in [-0.3, -0.25) is 4.21 Å². The lowest BCUT2D eigenvalue weighted by molar-refractivity contribution is 0.239. The molecule has 18 heavy (non-hydrogen) atoms. The molecule has 0 spiro atoms. The summed E-state index contributed by atoms with van der Waals surface area (Å²) in [5.41, 5.74) is 1.06. The average Bonchev–Trinajstić information content (AvgIpc) is 2.29. The Kier molecular flexibility index (Phi) is 6.43. The molecule has 0 aromatic heterocycles. The van der Waals surface area contributed by atoms with E-state index in [2.05, 4.69) is 10.6 Å². The van der Waals surface area contributed by atoms with Gasteiger partial charge >= 0.3 is 6.03 Å². The van der Waals surface area contributed by atoms with Gasteiger partial charge in [-0.05, 0) is 19.4 Å². The molecule has 0 saturated heterocycles. The van der Waals surface area contributed by atoms with Gasteiger partial charge in [-0.1, -0.05) is 30.3 Å². The Balaban J connectivity index is 2.20. The molecule has 0 aliphatic heterocycles. The van der Waals surface area contributed by atoms with Crippen molar-refractivity contribution >= 4 is 16.8 Å². The van der Waals surface area contributed by atoms with Crippen LogP contribution in [-0.2, 0) is 16.6 Å². The summed E-state index contributed by atoms with van der Waals surface area (Å²) in [6.45, 7) is 4.22. The number of nitrogens with one attached hydrogen (secondary N) is 2. The third-order valence-electron chi connectivity index (χ3n) is 2.21. The van der Waals surface area contributed by atoms with Gasteiger partial charge in [0.2, 0.25) is 0 Å². The highest BCUT2D eigenvalue weighted by Gasteiger charge is 2.04. The lowest BCUT2D eigenvalue weighted by Gasteiger charge is -2.09. The quantitative estimate of drug-likeness (QED) is 0.824. The Labute approximate surface area is 111 Å². The van der Waals surface area contributed by atoms with Crippen molar-refractivity contribution in [1.82, 2.24) is 10.6 Å². The molecule has 0 aliphatic carbocycles. The lowest BCUT2D eigenvalue weighted by Crippen LogP contribution is -2.40. The number of rotatable bonds is 6. The Hall–Kier alpha value is -1.36. The van der Waals surface area contributed by atoms with Gasteiger partial charge in [0.25, 0.3) is 0 Å². The topological polar surface area (TPSA) is 58.2 Å². The SMILES string of the molecule is CC(C)NC(=O)NCCS(=O)Cc1ccccc1. The second-order valence-electron chi connectivity index (χ2n) is 4.33. The third kappa shape index (κ3) is 6.39. The Morgan fingerprint density at radius 3 is 2.56 bits per heavy atom. The molecule has 0 fully saturated rings. The maximum atomic E-state index is 11.8. The van der Waals surface area contributed by atoms with Crippen molar-refractivity contribution in [3.8, 4) is 0 Å². The largest absolute Gasteiger partial charge is 0.337 e. The molecule has 1 aromatic carbocycles. The summed E-state index contributed by atoms with van der Waals surface area (Å²) in [6.07, 6.45) is 0. The highest BCUT2D eigenvalue weighted by molar-refractivity contribution is 7.84. The van der Waals surface area contributed by atoms with Crippen molar-refractivity contribution in [2.75, 3.05) is 12.3 Å². The smallest absolute Gasteiger partial charge is 0.315 e.